The maximum absolute atomic E-state index is 12.0. The van der Waals surface area contributed by atoms with Crippen molar-refractivity contribution in [2.75, 3.05) is 14.2 Å². The van der Waals surface area contributed by atoms with Crippen LogP contribution in [0.5, 0.6) is 0 Å². The molecule has 0 amide bonds. The molecular weight excluding hydrogens is 312 g/mol. The van der Waals surface area contributed by atoms with Crippen molar-refractivity contribution in [1.29, 1.82) is 10.8 Å². The zero-order valence-electron chi connectivity index (χ0n) is 12.9. The molecule has 0 fully saturated rings. The van der Waals surface area contributed by atoms with Gasteiger partial charge in [0, 0.05) is 24.3 Å². The first-order chi connectivity index (χ1) is 11.5. The van der Waals surface area contributed by atoms with E-state index in [1.165, 1.54) is 50.6 Å². The van der Waals surface area contributed by atoms with E-state index in [1.807, 2.05) is 0 Å². The predicted octanol–water partition coefficient (Wildman–Crippen LogP) is 3.90. The van der Waals surface area contributed by atoms with Crippen molar-refractivity contribution in [2.45, 2.75) is 0 Å². The molecule has 0 unspecified atom stereocenters. The van der Waals surface area contributed by atoms with Gasteiger partial charge in [-0.05, 0) is 23.3 Å². The summed E-state index contributed by atoms with van der Waals surface area (Å²) < 4.78 is 9.47. The monoisotopic (exact) mass is 324 g/mol. The fourth-order valence-corrected chi connectivity index (χ4v) is 2.22. The van der Waals surface area contributed by atoms with Gasteiger partial charge in [0.2, 0.25) is 10.8 Å². The third-order valence-electron chi connectivity index (χ3n) is 3.34. The number of esters is 2. The van der Waals surface area contributed by atoms with Crippen LogP contribution in [0.4, 0.5) is 11.4 Å². The summed E-state index contributed by atoms with van der Waals surface area (Å²) in [6.07, 6.45) is 0. The Morgan fingerprint density at radius 1 is 0.792 bits per heavy atom. The van der Waals surface area contributed by atoms with Crippen LogP contribution in [0.2, 0.25) is 0 Å². The molecule has 0 saturated heterocycles. The van der Waals surface area contributed by atoms with Crippen molar-refractivity contribution in [3.63, 3.8) is 0 Å². The van der Waals surface area contributed by atoms with Crippen LogP contribution in [0.25, 0.3) is 21.1 Å². The van der Waals surface area contributed by atoms with Crippen LogP contribution >= 0.6 is 0 Å². The van der Waals surface area contributed by atoms with Crippen molar-refractivity contribution in [3.05, 3.63) is 57.5 Å². The van der Waals surface area contributed by atoms with E-state index < -0.39 is 11.9 Å². The zero-order valence-corrected chi connectivity index (χ0v) is 12.9. The predicted molar refractivity (Wildman–Crippen MR) is 84.0 cm³/mol. The molecule has 2 rings (SSSR count). The first kappa shape index (κ1) is 16.6. The van der Waals surface area contributed by atoms with Gasteiger partial charge < -0.3 is 9.47 Å². The van der Waals surface area contributed by atoms with Gasteiger partial charge >= 0.3 is 23.3 Å². The van der Waals surface area contributed by atoms with E-state index in [-0.39, 0.29) is 22.5 Å². The Bertz CT molecular complexity index is 834. The number of ether oxygens (including phenoxy) is 2. The van der Waals surface area contributed by atoms with E-state index in [9.17, 15) is 9.59 Å². The Hall–Kier alpha value is -3.78. The lowest BCUT2D eigenvalue weighted by atomic mass is 9.94. The van der Waals surface area contributed by atoms with E-state index in [0.717, 1.165) is 0 Å². The molecule has 0 aliphatic carbocycles. The molecular formula is C16H12N4O4+2. The van der Waals surface area contributed by atoms with Gasteiger partial charge in [0.15, 0.2) is 9.95 Å². The quantitative estimate of drug-likeness (QED) is 0.625. The van der Waals surface area contributed by atoms with Gasteiger partial charge in [0.1, 0.15) is 0 Å². The molecule has 2 aromatic carbocycles. The number of methoxy groups -OCH3 is 2. The molecule has 2 aromatic rings. The number of diazo groups is 2. The van der Waals surface area contributed by atoms with Crippen molar-refractivity contribution in [1.82, 2.24) is 0 Å². The average molecular weight is 324 g/mol. The zero-order chi connectivity index (χ0) is 17.7. The van der Waals surface area contributed by atoms with Gasteiger partial charge in [0.05, 0.1) is 25.3 Å². The summed E-state index contributed by atoms with van der Waals surface area (Å²) >= 11 is 0. The standard InChI is InChI=1S/C16H12N4O4/c1-23-15(21)13-7-9(19-17)3-5-11(13)12-6-4-10(20-18)8-14(12)16(22)24-2/h3-8H,1-2H3/q+2. The number of carbonyl (C=O) groups is 2. The Kier molecular flexibility index (Phi) is 4.83. The first-order valence-electron chi connectivity index (χ1n) is 6.71. The summed E-state index contributed by atoms with van der Waals surface area (Å²) in [5.74, 6) is -1.33. The summed E-state index contributed by atoms with van der Waals surface area (Å²) in [4.78, 5) is 30.1. The van der Waals surface area contributed by atoms with Gasteiger partial charge in [-0.3, -0.25) is 0 Å². The normalized spacial score (nSPS) is 9.50. The molecule has 0 radical (unpaired) electrons. The molecule has 8 nitrogen and oxygen atoms in total. The fourth-order valence-electron chi connectivity index (χ4n) is 2.22. The molecule has 0 spiro atoms. The highest BCUT2D eigenvalue weighted by Gasteiger charge is 2.24. The number of rotatable bonds is 3. The average Bonchev–Trinajstić information content (AvgIpc) is 2.65. The van der Waals surface area contributed by atoms with Crippen LogP contribution in [0.1, 0.15) is 20.7 Å². The summed E-state index contributed by atoms with van der Waals surface area (Å²) in [5.41, 5.74) is 1.26. The van der Waals surface area contributed by atoms with Crippen LogP contribution < -0.4 is 0 Å². The van der Waals surface area contributed by atoms with E-state index in [1.54, 1.807) is 0 Å². The topological polar surface area (TPSA) is 109 Å². The van der Waals surface area contributed by atoms with Crippen LogP contribution in [0.3, 0.4) is 0 Å². The summed E-state index contributed by atoms with van der Waals surface area (Å²) in [6.45, 7) is 0. The van der Waals surface area contributed by atoms with Gasteiger partial charge in [-0.15, -0.1) is 0 Å². The van der Waals surface area contributed by atoms with Crippen LogP contribution in [-0.4, -0.2) is 26.2 Å². The van der Waals surface area contributed by atoms with Gasteiger partial charge in [-0.2, -0.15) is 0 Å². The van der Waals surface area contributed by atoms with Crippen LogP contribution in [-0.2, 0) is 9.47 Å². The molecule has 118 valence electrons. The molecule has 0 bridgehead atoms. The summed E-state index contributed by atoms with van der Waals surface area (Å²) in [6, 6.07) is 8.61. The first-order valence-corrected chi connectivity index (χ1v) is 6.71. The molecule has 8 heteroatoms. The minimum Gasteiger partial charge on any atom is -0.465 e. The largest absolute Gasteiger partial charge is 0.465 e. The third-order valence-corrected chi connectivity index (χ3v) is 3.34. The molecule has 24 heavy (non-hydrogen) atoms. The molecule has 0 atom stereocenters. The minimum atomic E-state index is -0.665. The Labute approximate surface area is 136 Å². The molecule has 0 aliphatic rings. The van der Waals surface area contributed by atoms with E-state index in [0.29, 0.717) is 11.1 Å². The molecule has 0 heterocycles. The second kappa shape index (κ2) is 6.99. The smallest absolute Gasteiger partial charge is 0.385 e. The molecule has 0 aromatic heterocycles. The second-order valence-corrected chi connectivity index (χ2v) is 4.64. The maximum Gasteiger partial charge on any atom is 0.385 e. The van der Waals surface area contributed by atoms with E-state index in [2.05, 4.69) is 9.95 Å². The number of hydrogen-bond acceptors (Lipinski definition) is 6. The van der Waals surface area contributed by atoms with Crippen molar-refractivity contribution in [2.24, 2.45) is 0 Å². The number of benzene rings is 2. The van der Waals surface area contributed by atoms with E-state index in [4.69, 9.17) is 20.3 Å². The number of carbonyl (C=O) groups excluding carboxylic acids is 2. The van der Waals surface area contributed by atoms with Crippen molar-refractivity contribution in [3.8, 4) is 11.1 Å². The fraction of sp³-hybridized carbons (Fsp3) is 0.125. The van der Waals surface area contributed by atoms with E-state index >= 15 is 0 Å². The van der Waals surface area contributed by atoms with Gasteiger partial charge in [-0.25, -0.2) is 9.59 Å². The Morgan fingerprint density at radius 2 is 1.17 bits per heavy atom. The van der Waals surface area contributed by atoms with Gasteiger partial charge in [0.25, 0.3) is 0 Å². The Morgan fingerprint density at radius 3 is 1.46 bits per heavy atom. The van der Waals surface area contributed by atoms with Crippen LogP contribution in [0.15, 0.2) is 36.4 Å². The SMILES string of the molecule is COC(=O)c1cc([N+]#N)ccc1-c1ccc([N+]#N)cc1C(=O)OC. The molecule has 0 saturated carbocycles. The number of hydrogen-bond donors (Lipinski definition) is 0. The summed E-state index contributed by atoms with van der Waals surface area (Å²) in [7, 11) is 2.42. The lowest BCUT2D eigenvalue weighted by Gasteiger charge is -2.10. The van der Waals surface area contributed by atoms with Crippen molar-refractivity contribution < 1.29 is 19.1 Å². The lowest BCUT2D eigenvalue weighted by Crippen LogP contribution is -2.07. The maximum atomic E-state index is 12.0. The molecule has 0 aliphatic heterocycles. The lowest BCUT2D eigenvalue weighted by molar-refractivity contribution is 0.0590. The van der Waals surface area contributed by atoms with Gasteiger partial charge in [-0.1, -0.05) is 0 Å². The highest BCUT2D eigenvalue weighted by molar-refractivity contribution is 6.04. The third kappa shape index (κ3) is 3.03. The second-order valence-electron chi connectivity index (χ2n) is 4.64. The number of nitrogens with zero attached hydrogens (tertiary/aromatic N) is 4. The molecule has 0 N–H and O–H groups in total. The highest BCUT2D eigenvalue weighted by Crippen LogP contribution is 2.33. The summed E-state index contributed by atoms with van der Waals surface area (Å²) in [5, 5.41) is 17.8. The minimum absolute atomic E-state index is 0.103. The van der Waals surface area contributed by atoms with Crippen LogP contribution in [0, 0.1) is 10.8 Å². The highest BCUT2D eigenvalue weighted by atomic mass is 16.5. The van der Waals surface area contributed by atoms with Crippen molar-refractivity contribution >= 4 is 23.3 Å². The Balaban J connectivity index is 2.77.